The van der Waals surface area contributed by atoms with E-state index in [2.05, 4.69) is 4.98 Å². The van der Waals surface area contributed by atoms with Crippen molar-refractivity contribution in [1.29, 1.82) is 0 Å². The number of carboxylic acids is 1. The van der Waals surface area contributed by atoms with E-state index in [9.17, 15) is 9.90 Å². The van der Waals surface area contributed by atoms with Gasteiger partial charge in [0, 0.05) is 23.0 Å². The summed E-state index contributed by atoms with van der Waals surface area (Å²) < 4.78 is 0. The molecule has 0 aliphatic heterocycles. The summed E-state index contributed by atoms with van der Waals surface area (Å²) in [5.41, 5.74) is 0.958. The van der Waals surface area contributed by atoms with E-state index in [1.807, 2.05) is 6.07 Å². The molecule has 0 bridgehead atoms. The maximum absolute atomic E-state index is 11.0. The minimum absolute atomic E-state index is 0.209. The van der Waals surface area contributed by atoms with Crippen LogP contribution in [0.1, 0.15) is 19.5 Å². The first-order chi connectivity index (χ1) is 7.88. The molecular formula is C13H15NO3. The van der Waals surface area contributed by atoms with Gasteiger partial charge in [-0.15, -0.1) is 0 Å². The fraction of sp³-hybridized carbons (Fsp3) is 0.308. The van der Waals surface area contributed by atoms with E-state index in [1.165, 1.54) is 0 Å². The third kappa shape index (κ3) is 2.25. The lowest BCUT2D eigenvalue weighted by Crippen LogP contribution is -2.26. The summed E-state index contributed by atoms with van der Waals surface area (Å²) in [7, 11) is 0. The summed E-state index contributed by atoms with van der Waals surface area (Å²) in [5.74, 6) is -0.612. The van der Waals surface area contributed by atoms with Crippen molar-refractivity contribution in [1.82, 2.24) is 4.98 Å². The predicted octanol–water partition coefficient (Wildman–Crippen LogP) is 2.53. The van der Waals surface area contributed by atoms with Crippen LogP contribution in [0.2, 0.25) is 0 Å². The molecule has 1 aromatic carbocycles. The highest BCUT2D eigenvalue weighted by atomic mass is 16.4. The molecule has 4 nitrogen and oxygen atoms in total. The van der Waals surface area contributed by atoms with Gasteiger partial charge in [0.15, 0.2) is 0 Å². The average Bonchev–Trinajstić information content (AvgIpc) is 2.57. The van der Waals surface area contributed by atoms with E-state index in [1.54, 1.807) is 32.0 Å². The van der Waals surface area contributed by atoms with E-state index >= 15 is 0 Å². The molecule has 0 unspecified atom stereocenters. The molecule has 0 saturated heterocycles. The van der Waals surface area contributed by atoms with E-state index in [-0.39, 0.29) is 5.75 Å². The molecular weight excluding hydrogens is 218 g/mol. The van der Waals surface area contributed by atoms with Gasteiger partial charge in [0.1, 0.15) is 5.75 Å². The zero-order chi connectivity index (χ0) is 12.6. The first-order valence-corrected chi connectivity index (χ1v) is 5.42. The summed E-state index contributed by atoms with van der Waals surface area (Å²) >= 11 is 0. The van der Waals surface area contributed by atoms with Crippen LogP contribution in [0.3, 0.4) is 0 Å². The van der Waals surface area contributed by atoms with Gasteiger partial charge in [0.05, 0.1) is 5.41 Å². The molecule has 0 spiro atoms. The van der Waals surface area contributed by atoms with Gasteiger partial charge in [-0.05, 0) is 38.1 Å². The lowest BCUT2D eigenvalue weighted by molar-refractivity contribution is -0.146. The number of H-pyrrole nitrogens is 1. The summed E-state index contributed by atoms with van der Waals surface area (Å²) in [4.78, 5) is 14.2. The van der Waals surface area contributed by atoms with Gasteiger partial charge >= 0.3 is 5.97 Å². The molecule has 3 N–H and O–H groups in total. The number of aromatic nitrogens is 1. The molecule has 0 atom stereocenters. The Kier molecular flexibility index (Phi) is 2.58. The summed E-state index contributed by atoms with van der Waals surface area (Å²) in [6.45, 7) is 3.39. The van der Waals surface area contributed by atoms with Gasteiger partial charge in [0.2, 0.25) is 0 Å². The van der Waals surface area contributed by atoms with Crippen LogP contribution in [0.25, 0.3) is 10.9 Å². The van der Waals surface area contributed by atoms with Gasteiger partial charge in [-0.1, -0.05) is 0 Å². The molecule has 0 radical (unpaired) electrons. The van der Waals surface area contributed by atoms with E-state index < -0.39 is 11.4 Å². The third-order valence-electron chi connectivity index (χ3n) is 2.87. The Morgan fingerprint density at radius 2 is 2.06 bits per heavy atom. The fourth-order valence-electron chi connectivity index (χ4n) is 1.83. The number of rotatable bonds is 3. The van der Waals surface area contributed by atoms with Crippen LogP contribution < -0.4 is 0 Å². The minimum atomic E-state index is -0.820. The number of aromatic hydroxyl groups is 1. The molecule has 0 saturated carbocycles. The number of aromatic amines is 1. The van der Waals surface area contributed by atoms with Crippen LogP contribution in [-0.2, 0) is 11.2 Å². The summed E-state index contributed by atoms with van der Waals surface area (Å²) in [6, 6.07) is 6.91. The van der Waals surface area contributed by atoms with Crippen LogP contribution in [0, 0.1) is 5.41 Å². The van der Waals surface area contributed by atoms with Gasteiger partial charge in [0.25, 0.3) is 0 Å². The highest BCUT2D eigenvalue weighted by Crippen LogP contribution is 2.26. The van der Waals surface area contributed by atoms with Crippen molar-refractivity contribution in [2.24, 2.45) is 5.41 Å². The number of phenolic OH excluding ortho intramolecular Hbond substituents is 1. The topological polar surface area (TPSA) is 73.3 Å². The van der Waals surface area contributed by atoms with Crippen molar-refractivity contribution in [2.75, 3.05) is 0 Å². The molecule has 17 heavy (non-hydrogen) atoms. The Morgan fingerprint density at radius 3 is 2.71 bits per heavy atom. The van der Waals surface area contributed by atoms with E-state index in [0.29, 0.717) is 6.42 Å². The second kappa shape index (κ2) is 3.80. The standard InChI is InChI=1S/C13H15NO3/c1-13(2,12(16)17)7-9-5-8-6-10(15)3-4-11(8)14-9/h3-6,14-15H,7H2,1-2H3,(H,16,17). The largest absolute Gasteiger partial charge is 0.508 e. The summed E-state index contributed by atoms with van der Waals surface area (Å²) in [6.07, 6.45) is 0.428. The van der Waals surface area contributed by atoms with Crippen LogP contribution in [0.15, 0.2) is 24.3 Å². The lowest BCUT2D eigenvalue weighted by Gasteiger charge is -2.17. The molecule has 0 aliphatic carbocycles. The highest BCUT2D eigenvalue weighted by molar-refractivity contribution is 5.82. The van der Waals surface area contributed by atoms with Gasteiger partial charge in [-0.25, -0.2) is 0 Å². The van der Waals surface area contributed by atoms with Crippen LogP contribution in [-0.4, -0.2) is 21.2 Å². The Balaban J connectivity index is 2.34. The monoisotopic (exact) mass is 233 g/mol. The number of carboxylic acid groups (broad SMARTS) is 1. The van der Waals surface area contributed by atoms with Crippen LogP contribution >= 0.6 is 0 Å². The SMILES string of the molecule is CC(C)(Cc1cc2cc(O)ccc2[nH]1)C(=O)O. The minimum Gasteiger partial charge on any atom is -0.508 e. The Hall–Kier alpha value is -1.97. The maximum Gasteiger partial charge on any atom is 0.309 e. The molecule has 0 aliphatic rings. The lowest BCUT2D eigenvalue weighted by atomic mass is 9.88. The molecule has 2 rings (SSSR count). The number of carbonyl (C=O) groups is 1. The molecule has 90 valence electrons. The Labute approximate surface area is 98.9 Å². The molecule has 4 heteroatoms. The van der Waals surface area contributed by atoms with Crippen molar-refractivity contribution in [3.05, 3.63) is 30.0 Å². The molecule has 0 fully saturated rings. The van der Waals surface area contributed by atoms with Crippen molar-refractivity contribution in [3.63, 3.8) is 0 Å². The Bertz CT molecular complexity index is 569. The van der Waals surface area contributed by atoms with E-state index in [0.717, 1.165) is 16.6 Å². The highest BCUT2D eigenvalue weighted by Gasteiger charge is 2.27. The number of fused-ring (bicyclic) bond motifs is 1. The third-order valence-corrected chi connectivity index (χ3v) is 2.87. The first-order valence-electron chi connectivity index (χ1n) is 5.42. The average molecular weight is 233 g/mol. The van der Waals surface area contributed by atoms with E-state index in [4.69, 9.17) is 5.11 Å². The van der Waals surface area contributed by atoms with Gasteiger partial charge in [-0.2, -0.15) is 0 Å². The number of aliphatic carboxylic acids is 1. The maximum atomic E-state index is 11.0. The van der Waals surface area contributed by atoms with Crippen molar-refractivity contribution < 1.29 is 15.0 Å². The quantitative estimate of drug-likeness (QED) is 0.762. The smallest absolute Gasteiger partial charge is 0.309 e. The second-order valence-corrected chi connectivity index (χ2v) is 4.93. The van der Waals surface area contributed by atoms with Crippen molar-refractivity contribution >= 4 is 16.9 Å². The molecule has 1 heterocycles. The molecule has 1 aromatic heterocycles. The number of nitrogens with one attached hydrogen (secondary N) is 1. The van der Waals surface area contributed by atoms with Crippen LogP contribution in [0.5, 0.6) is 5.75 Å². The number of phenols is 1. The number of hydrogen-bond acceptors (Lipinski definition) is 2. The summed E-state index contributed by atoms with van der Waals surface area (Å²) in [5, 5.41) is 19.3. The Morgan fingerprint density at radius 1 is 1.35 bits per heavy atom. The zero-order valence-corrected chi connectivity index (χ0v) is 9.82. The molecule has 2 aromatic rings. The van der Waals surface area contributed by atoms with Gasteiger partial charge in [-0.3, -0.25) is 4.79 Å². The fourth-order valence-corrected chi connectivity index (χ4v) is 1.83. The van der Waals surface area contributed by atoms with Crippen LogP contribution in [0.4, 0.5) is 0 Å². The second-order valence-electron chi connectivity index (χ2n) is 4.93. The number of hydrogen-bond donors (Lipinski definition) is 3. The number of benzene rings is 1. The zero-order valence-electron chi connectivity index (χ0n) is 9.82. The van der Waals surface area contributed by atoms with Crippen molar-refractivity contribution in [3.8, 4) is 5.75 Å². The predicted molar refractivity (Wildman–Crippen MR) is 65.1 cm³/mol. The van der Waals surface area contributed by atoms with Gasteiger partial charge < -0.3 is 15.2 Å². The molecule has 0 amide bonds. The first kappa shape index (κ1) is 11.5. The normalized spacial score (nSPS) is 11.9. The van der Waals surface area contributed by atoms with Crippen molar-refractivity contribution in [2.45, 2.75) is 20.3 Å².